The smallest absolute Gasteiger partial charge is 0.0743 e. The van der Waals surface area contributed by atoms with Gasteiger partial charge in [0.2, 0.25) is 0 Å². The molecule has 0 bridgehead atoms. The van der Waals surface area contributed by atoms with Crippen LogP contribution in [0.2, 0.25) is 0 Å². The summed E-state index contributed by atoms with van der Waals surface area (Å²) in [6.07, 6.45) is 6.59. The van der Waals surface area contributed by atoms with E-state index in [4.69, 9.17) is 9.47 Å². The molecule has 1 aromatic heterocycles. The maximum absolute atomic E-state index is 6.23. The van der Waals surface area contributed by atoms with Crippen molar-refractivity contribution < 1.29 is 9.47 Å². The molecule has 3 fully saturated rings. The molecule has 4 heterocycles. The molecule has 126 valence electrons. The molecule has 0 aromatic carbocycles. The Morgan fingerprint density at radius 1 is 1.09 bits per heavy atom. The van der Waals surface area contributed by atoms with Gasteiger partial charge in [-0.25, -0.2) is 0 Å². The average molecular weight is 317 g/mol. The molecule has 0 aliphatic carbocycles. The Bertz CT molecular complexity index is 492. The summed E-state index contributed by atoms with van der Waals surface area (Å²) in [6, 6.07) is 4.86. The molecule has 3 aliphatic heterocycles. The molecule has 0 spiro atoms. The zero-order chi connectivity index (χ0) is 15.5. The summed E-state index contributed by atoms with van der Waals surface area (Å²) in [4.78, 5) is 9.26. The number of likely N-dealkylation sites (tertiary alicyclic amines) is 1. The summed E-state index contributed by atoms with van der Waals surface area (Å²) < 4.78 is 11.8. The molecule has 5 heteroatoms. The van der Waals surface area contributed by atoms with Gasteiger partial charge >= 0.3 is 0 Å². The fourth-order valence-electron chi connectivity index (χ4n) is 4.17. The predicted octanol–water partition coefficient (Wildman–Crippen LogP) is 1.39. The number of fused-ring (bicyclic) bond motifs is 1. The standard InChI is InChI=1S/C18H27N3O2/c1-5-19-6-2-15(1)11-20-8-10-23-18-13-21(7-3-16(18)12-20)17-4-9-22-14-17/h1-2,5-6,16-18H,3-4,7-14H2/t16-,17-,18-/m1/s1. The lowest BCUT2D eigenvalue weighted by Crippen LogP contribution is -2.50. The van der Waals surface area contributed by atoms with Crippen molar-refractivity contribution >= 4 is 0 Å². The molecular formula is C18H27N3O2. The zero-order valence-electron chi connectivity index (χ0n) is 13.8. The average Bonchev–Trinajstić information content (AvgIpc) is 3.04. The quantitative estimate of drug-likeness (QED) is 0.842. The summed E-state index contributed by atoms with van der Waals surface area (Å²) in [7, 11) is 0. The summed E-state index contributed by atoms with van der Waals surface area (Å²) >= 11 is 0. The first-order valence-corrected chi connectivity index (χ1v) is 8.93. The monoisotopic (exact) mass is 317 g/mol. The highest BCUT2D eigenvalue weighted by Gasteiger charge is 2.36. The topological polar surface area (TPSA) is 37.8 Å². The van der Waals surface area contributed by atoms with Gasteiger partial charge in [-0.2, -0.15) is 0 Å². The van der Waals surface area contributed by atoms with Gasteiger partial charge in [-0.1, -0.05) is 0 Å². The van der Waals surface area contributed by atoms with Crippen LogP contribution in [0.5, 0.6) is 0 Å². The SMILES string of the molecule is c1cc(CN2CCO[C@@H]3CN([C@@H]4CCOC4)CC[C@@H]3C2)ccn1. The van der Waals surface area contributed by atoms with Crippen molar-refractivity contribution in [3.05, 3.63) is 30.1 Å². The van der Waals surface area contributed by atoms with Gasteiger partial charge in [-0.05, 0) is 37.1 Å². The fraction of sp³-hybridized carbons (Fsp3) is 0.722. The second kappa shape index (κ2) is 7.26. The van der Waals surface area contributed by atoms with Crippen LogP contribution in [0.25, 0.3) is 0 Å². The zero-order valence-corrected chi connectivity index (χ0v) is 13.8. The second-order valence-electron chi connectivity index (χ2n) is 7.06. The molecule has 0 radical (unpaired) electrons. The molecule has 0 N–H and O–H groups in total. The minimum atomic E-state index is 0.395. The molecule has 1 aromatic rings. The maximum atomic E-state index is 6.23. The highest BCUT2D eigenvalue weighted by atomic mass is 16.5. The molecule has 3 aliphatic rings. The molecule has 23 heavy (non-hydrogen) atoms. The number of ether oxygens (including phenoxy) is 2. The third-order valence-electron chi connectivity index (χ3n) is 5.54. The fourth-order valence-corrected chi connectivity index (χ4v) is 4.17. The normalized spacial score (nSPS) is 33.3. The highest BCUT2D eigenvalue weighted by Crippen LogP contribution is 2.27. The van der Waals surface area contributed by atoms with Gasteiger partial charge < -0.3 is 9.47 Å². The third-order valence-corrected chi connectivity index (χ3v) is 5.54. The van der Waals surface area contributed by atoms with Crippen LogP contribution in [0.4, 0.5) is 0 Å². The second-order valence-corrected chi connectivity index (χ2v) is 7.06. The lowest BCUT2D eigenvalue weighted by Gasteiger charge is -2.40. The molecule has 0 saturated carbocycles. The van der Waals surface area contributed by atoms with Crippen LogP contribution in [0, 0.1) is 5.92 Å². The number of piperidine rings is 1. The first-order valence-electron chi connectivity index (χ1n) is 8.93. The van der Waals surface area contributed by atoms with Crippen molar-refractivity contribution in [2.45, 2.75) is 31.5 Å². The first-order chi connectivity index (χ1) is 11.4. The highest BCUT2D eigenvalue weighted by molar-refractivity contribution is 5.09. The minimum Gasteiger partial charge on any atom is -0.380 e. The lowest BCUT2D eigenvalue weighted by atomic mass is 9.92. The molecular weight excluding hydrogens is 290 g/mol. The van der Waals surface area contributed by atoms with Crippen LogP contribution >= 0.6 is 0 Å². The van der Waals surface area contributed by atoms with E-state index in [1.54, 1.807) is 0 Å². The van der Waals surface area contributed by atoms with Crippen LogP contribution in [-0.2, 0) is 16.0 Å². The van der Waals surface area contributed by atoms with E-state index in [0.717, 1.165) is 46.0 Å². The molecule has 4 rings (SSSR count). The third kappa shape index (κ3) is 3.74. The van der Waals surface area contributed by atoms with Crippen molar-refractivity contribution in [2.24, 2.45) is 5.92 Å². The van der Waals surface area contributed by atoms with Gasteiger partial charge in [0.25, 0.3) is 0 Å². The van der Waals surface area contributed by atoms with Gasteiger partial charge in [0.05, 0.1) is 19.3 Å². The van der Waals surface area contributed by atoms with E-state index in [9.17, 15) is 0 Å². The van der Waals surface area contributed by atoms with Crippen LogP contribution in [-0.4, -0.2) is 72.9 Å². The Kier molecular flexibility index (Phi) is 4.90. The lowest BCUT2D eigenvalue weighted by molar-refractivity contribution is -0.0346. The van der Waals surface area contributed by atoms with Crippen molar-refractivity contribution in [2.75, 3.05) is 46.0 Å². The van der Waals surface area contributed by atoms with Crippen LogP contribution in [0.1, 0.15) is 18.4 Å². The van der Waals surface area contributed by atoms with Gasteiger partial charge in [0.1, 0.15) is 0 Å². The number of hydrogen-bond donors (Lipinski definition) is 0. The van der Waals surface area contributed by atoms with Crippen molar-refractivity contribution in [3.8, 4) is 0 Å². The summed E-state index contributed by atoms with van der Waals surface area (Å²) in [5, 5.41) is 0. The Labute approximate surface area is 138 Å². The minimum absolute atomic E-state index is 0.395. The first kappa shape index (κ1) is 15.5. The number of rotatable bonds is 3. The largest absolute Gasteiger partial charge is 0.380 e. The van der Waals surface area contributed by atoms with Crippen molar-refractivity contribution in [1.82, 2.24) is 14.8 Å². The van der Waals surface area contributed by atoms with E-state index in [0.29, 0.717) is 18.1 Å². The molecule has 3 saturated heterocycles. The molecule has 5 nitrogen and oxygen atoms in total. The van der Waals surface area contributed by atoms with Crippen molar-refractivity contribution in [3.63, 3.8) is 0 Å². The number of aromatic nitrogens is 1. The van der Waals surface area contributed by atoms with Crippen LogP contribution < -0.4 is 0 Å². The maximum Gasteiger partial charge on any atom is 0.0743 e. The Morgan fingerprint density at radius 3 is 2.83 bits per heavy atom. The van der Waals surface area contributed by atoms with E-state index in [1.165, 1.54) is 24.9 Å². The van der Waals surface area contributed by atoms with Gasteiger partial charge in [0, 0.05) is 57.1 Å². The van der Waals surface area contributed by atoms with E-state index in [1.807, 2.05) is 12.4 Å². The van der Waals surface area contributed by atoms with E-state index >= 15 is 0 Å². The van der Waals surface area contributed by atoms with Crippen LogP contribution in [0.3, 0.4) is 0 Å². The van der Waals surface area contributed by atoms with Gasteiger partial charge in [-0.3, -0.25) is 14.8 Å². The Balaban J connectivity index is 1.35. The number of nitrogens with zero attached hydrogens (tertiary/aromatic N) is 3. The predicted molar refractivity (Wildman–Crippen MR) is 88.2 cm³/mol. The van der Waals surface area contributed by atoms with Crippen molar-refractivity contribution in [1.29, 1.82) is 0 Å². The summed E-state index contributed by atoms with van der Waals surface area (Å²) in [5.41, 5.74) is 1.35. The molecule has 0 unspecified atom stereocenters. The van der Waals surface area contributed by atoms with Gasteiger partial charge in [-0.15, -0.1) is 0 Å². The van der Waals surface area contributed by atoms with E-state index < -0.39 is 0 Å². The van der Waals surface area contributed by atoms with Gasteiger partial charge in [0.15, 0.2) is 0 Å². The molecule has 0 amide bonds. The summed E-state index contributed by atoms with van der Waals surface area (Å²) in [5.74, 6) is 0.665. The number of pyridine rings is 1. The van der Waals surface area contributed by atoms with E-state index in [-0.39, 0.29) is 0 Å². The number of hydrogen-bond acceptors (Lipinski definition) is 5. The molecule has 3 atom stereocenters. The Morgan fingerprint density at radius 2 is 2.00 bits per heavy atom. The van der Waals surface area contributed by atoms with E-state index in [2.05, 4.69) is 26.9 Å². The Hall–Kier alpha value is -1.01. The summed E-state index contributed by atoms with van der Waals surface area (Å²) in [6.45, 7) is 8.16. The van der Waals surface area contributed by atoms with Crippen LogP contribution in [0.15, 0.2) is 24.5 Å².